The molecule has 1 heterocycles. The molecule has 0 spiro atoms. The Bertz CT molecular complexity index is 780. The number of rotatable bonds is 1. The van der Waals surface area contributed by atoms with E-state index >= 15 is 0 Å². The van der Waals surface area contributed by atoms with Crippen molar-refractivity contribution in [2.75, 3.05) is 0 Å². The first-order valence-corrected chi connectivity index (χ1v) is 6.78. The third kappa shape index (κ3) is 2.57. The maximum absolute atomic E-state index is 9.25. The summed E-state index contributed by atoms with van der Waals surface area (Å²) >= 11 is 12.7. The van der Waals surface area contributed by atoms with Crippen molar-refractivity contribution in [2.24, 2.45) is 0 Å². The second kappa shape index (κ2) is 5.58. The number of benzene rings is 1. The third-order valence-corrected chi connectivity index (χ3v) is 3.72. The zero-order chi connectivity index (χ0) is 14.0. The van der Waals surface area contributed by atoms with Gasteiger partial charge in [0.2, 0.25) is 0 Å². The van der Waals surface area contributed by atoms with Crippen LogP contribution in [0.5, 0.6) is 0 Å². The predicted octanol–water partition coefficient (Wildman–Crippen LogP) is 4.21. The average Bonchev–Trinajstić information content (AvgIpc) is 2.39. The number of thiol groups is 1. The van der Waals surface area contributed by atoms with Gasteiger partial charge < -0.3 is 4.98 Å². The van der Waals surface area contributed by atoms with Crippen molar-refractivity contribution in [1.29, 1.82) is 10.5 Å². The minimum Gasteiger partial charge on any atom is -0.339 e. The normalized spacial score (nSPS) is 9.68. The summed E-state index contributed by atoms with van der Waals surface area (Å²) in [5.74, 6) is 0. The monoisotopic (exact) mass is 347 g/mol. The fourth-order valence-corrected chi connectivity index (χ4v) is 2.57. The Kier molecular flexibility index (Phi) is 4.06. The molecule has 0 aliphatic heterocycles. The largest absolute Gasteiger partial charge is 0.339 e. The van der Waals surface area contributed by atoms with Crippen LogP contribution < -0.4 is 0 Å². The van der Waals surface area contributed by atoms with Crippen LogP contribution in [0.15, 0.2) is 33.8 Å². The second-order valence-electron chi connectivity index (χ2n) is 3.66. The molecular formula is C13H6BrN3S2. The van der Waals surface area contributed by atoms with E-state index in [0.29, 0.717) is 16.2 Å². The number of nitriles is 2. The quantitative estimate of drug-likeness (QED) is 0.600. The smallest absolute Gasteiger partial charge is 0.122 e. The predicted molar refractivity (Wildman–Crippen MR) is 81.4 cm³/mol. The molecule has 0 fully saturated rings. The van der Waals surface area contributed by atoms with Crippen molar-refractivity contribution in [3.05, 3.63) is 44.5 Å². The van der Waals surface area contributed by atoms with Crippen LogP contribution in [0.1, 0.15) is 11.1 Å². The molecule has 6 heteroatoms. The molecule has 3 nitrogen and oxygen atoms in total. The molecule has 92 valence electrons. The highest BCUT2D eigenvalue weighted by atomic mass is 79.9. The van der Waals surface area contributed by atoms with Crippen LogP contribution in [0.3, 0.4) is 0 Å². The van der Waals surface area contributed by atoms with Crippen LogP contribution in [0.2, 0.25) is 0 Å². The molecule has 2 aromatic rings. The van der Waals surface area contributed by atoms with E-state index in [1.807, 2.05) is 30.3 Å². The molecule has 0 aliphatic rings. The van der Waals surface area contributed by atoms with Gasteiger partial charge in [0.1, 0.15) is 16.8 Å². The van der Waals surface area contributed by atoms with Gasteiger partial charge in [0.05, 0.1) is 16.2 Å². The average molecular weight is 348 g/mol. The number of aromatic amines is 1. The first kappa shape index (κ1) is 13.8. The molecule has 1 aromatic carbocycles. The summed E-state index contributed by atoms with van der Waals surface area (Å²) < 4.78 is 1.20. The Balaban J connectivity index is 2.89. The molecule has 1 aromatic heterocycles. The Morgan fingerprint density at radius 3 is 2.21 bits per heavy atom. The summed E-state index contributed by atoms with van der Waals surface area (Å²) in [5.41, 5.74) is 1.88. The number of halogens is 1. The summed E-state index contributed by atoms with van der Waals surface area (Å²) in [6.45, 7) is 0. The number of hydrogen-bond acceptors (Lipinski definition) is 4. The highest BCUT2D eigenvalue weighted by Crippen LogP contribution is 2.31. The molecule has 0 saturated heterocycles. The standard InChI is InChI=1S/C13H6BrN3S2/c14-8-3-1-7(2-4-8)11-9(5-15)12(18)17-13(19)10(11)6-16/h1-4H,(H2,17,18,19). The van der Waals surface area contributed by atoms with Crippen molar-refractivity contribution in [3.8, 4) is 23.3 Å². The number of aromatic nitrogens is 1. The lowest BCUT2D eigenvalue weighted by Gasteiger charge is -2.09. The fourth-order valence-electron chi connectivity index (χ4n) is 1.71. The van der Waals surface area contributed by atoms with Crippen LogP contribution in [0.4, 0.5) is 0 Å². The zero-order valence-corrected chi connectivity index (χ0v) is 12.7. The van der Waals surface area contributed by atoms with E-state index in [9.17, 15) is 10.5 Å². The van der Waals surface area contributed by atoms with Crippen LogP contribution in [0.25, 0.3) is 11.1 Å². The van der Waals surface area contributed by atoms with Crippen molar-refractivity contribution in [3.63, 3.8) is 0 Å². The summed E-state index contributed by atoms with van der Waals surface area (Å²) in [4.78, 5) is 2.76. The Morgan fingerprint density at radius 2 is 1.68 bits per heavy atom. The molecule has 0 atom stereocenters. The van der Waals surface area contributed by atoms with Gasteiger partial charge >= 0.3 is 0 Å². The van der Waals surface area contributed by atoms with Gasteiger partial charge in [0.25, 0.3) is 0 Å². The summed E-state index contributed by atoms with van der Waals surface area (Å²) in [6.07, 6.45) is 0. The molecule has 0 amide bonds. The van der Waals surface area contributed by atoms with Gasteiger partial charge in [-0.2, -0.15) is 10.5 Å². The molecule has 19 heavy (non-hydrogen) atoms. The van der Waals surface area contributed by atoms with Crippen LogP contribution >= 0.6 is 40.8 Å². The Hall–Kier alpha value is -1.60. The molecular weight excluding hydrogens is 342 g/mol. The first-order valence-electron chi connectivity index (χ1n) is 5.14. The molecule has 0 saturated carbocycles. The Labute approximate surface area is 129 Å². The third-order valence-electron chi connectivity index (χ3n) is 2.55. The molecule has 0 radical (unpaired) electrons. The van der Waals surface area contributed by atoms with Crippen molar-refractivity contribution >= 4 is 40.8 Å². The molecule has 1 N–H and O–H groups in total. The van der Waals surface area contributed by atoms with E-state index in [-0.39, 0.29) is 10.2 Å². The van der Waals surface area contributed by atoms with Crippen LogP contribution in [-0.4, -0.2) is 4.98 Å². The van der Waals surface area contributed by atoms with Gasteiger partial charge in [0, 0.05) is 10.0 Å². The van der Waals surface area contributed by atoms with Gasteiger partial charge in [0.15, 0.2) is 0 Å². The van der Waals surface area contributed by atoms with E-state index < -0.39 is 0 Å². The summed E-state index contributed by atoms with van der Waals surface area (Å²) in [7, 11) is 0. The van der Waals surface area contributed by atoms with Crippen LogP contribution in [0, 0.1) is 27.3 Å². The molecule has 0 aliphatic carbocycles. The summed E-state index contributed by atoms with van der Waals surface area (Å²) in [6, 6.07) is 11.4. The summed E-state index contributed by atoms with van der Waals surface area (Å²) in [5, 5.41) is 18.9. The van der Waals surface area contributed by atoms with Crippen molar-refractivity contribution < 1.29 is 0 Å². The van der Waals surface area contributed by atoms with E-state index in [2.05, 4.69) is 39.6 Å². The van der Waals surface area contributed by atoms with Gasteiger partial charge in [-0.25, -0.2) is 0 Å². The van der Waals surface area contributed by atoms with Gasteiger partial charge in [-0.15, -0.1) is 12.6 Å². The minimum absolute atomic E-state index is 0.282. The molecule has 2 rings (SSSR count). The molecule has 0 unspecified atom stereocenters. The number of pyridine rings is 1. The van der Waals surface area contributed by atoms with Gasteiger partial charge in [-0.05, 0) is 17.7 Å². The maximum atomic E-state index is 9.25. The first-order chi connectivity index (χ1) is 9.08. The minimum atomic E-state index is 0.282. The molecule has 0 bridgehead atoms. The highest BCUT2D eigenvalue weighted by Gasteiger charge is 2.16. The zero-order valence-electron chi connectivity index (χ0n) is 9.44. The SMILES string of the molecule is N#Cc1c(S)[nH]c(=S)c(C#N)c1-c1ccc(Br)cc1. The topological polar surface area (TPSA) is 63.4 Å². The number of nitrogens with zero attached hydrogens (tertiary/aromatic N) is 2. The van der Waals surface area contributed by atoms with Crippen molar-refractivity contribution in [2.45, 2.75) is 5.03 Å². The lowest BCUT2D eigenvalue weighted by Crippen LogP contribution is -1.96. The van der Waals surface area contributed by atoms with E-state index in [1.165, 1.54) is 0 Å². The van der Waals surface area contributed by atoms with Gasteiger partial charge in [-0.1, -0.05) is 40.3 Å². The Morgan fingerprint density at radius 1 is 1.11 bits per heavy atom. The van der Waals surface area contributed by atoms with E-state index in [1.54, 1.807) is 0 Å². The van der Waals surface area contributed by atoms with Crippen LogP contribution in [-0.2, 0) is 0 Å². The van der Waals surface area contributed by atoms with E-state index in [0.717, 1.165) is 10.0 Å². The fraction of sp³-hybridized carbons (Fsp3) is 0. The van der Waals surface area contributed by atoms with Gasteiger partial charge in [-0.3, -0.25) is 0 Å². The lowest BCUT2D eigenvalue weighted by atomic mass is 9.98. The van der Waals surface area contributed by atoms with E-state index in [4.69, 9.17) is 12.2 Å². The number of nitrogens with one attached hydrogen (secondary N) is 1. The van der Waals surface area contributed by atoms with Crippen molar-refractivity contribution in [1.82, 2.24) is 4.98 Å². The second-order valence-corrected chi connectivity index (χ2v) is 5.43. The number of H-pyrrole nitrogens is 1. The highest BCUT2D eigenvalue weighted by molar-refractivity contribution is 9.10. The lowest BCUT2D eigenvalue weighted by molar-refractivity contribution is 1.09. The maximum Gasteiger partial charge on any atom is 0.122 e. The number of hydrogen-bond donors (Lipinski definition) is 2.